The number of benzene rings is 1. The number of aliphatic hydroxyl groups is 7. The highest BCUT2D eigenvalue weighted by atomic mass is 16.5. The number of phenolic OH excluding ortho intramolecular Hbond substituents is 1. The predicted molar refractivity (Wildman–Crippen MR) is 390 cm³/mol. The van der Waals surface area contributed by atoms with E-state index >= 15 is 0 Å². The number of primary amides is 1. The molecule has 3 aliphatic heterocycles. The number of phenols is 1. The molecule has 0 unspecified atom stereocenters. The van der Waals surface area contributed by atoms with E-state index < -0.39 is 249 Å². The Labute approximate surface area is 634 Å². The van der Waals surface area contributed by atoms with Crippen LogP contribution < -0.4 is 64.6 Å². The van der Waals surface area contributed by atoms with E-state index in [9.17, 15) is 108 Å². The molecule has 0 bridgehead atoms. The number of hydrogen-bond acceptors (Lipinski definition) is 24. The van der Waals surface area contributed by atoms with Crippen LogP contribution in [0, 0.1) is 11.8 Å². The fourth-order valence-electron chi connectivity index (χ4n) is 13.0. The number of nitrogens with one attached hydrogen (secondary N) is 10. The van der Waals surface area contributed by atoms with E-state index in [1.54, 1.807) is 6.92 Å². The third-order valence-corrected chi connectivity index (χ3v) is 19.4. The number of carbonyl (C=O) groups excluding carboxylic acids is 14. The molecule has 3 saturated heterocycles. The molecule has 3 fully saturated rings. The van der Waals surface area contributed by atoms with Crippen molar-refractivity contribution in [1.82, 2.24) is 63.0 Å². The third kappa shape index (κ3) is 29.2. The van der Waals surface area contributed by atoms with Gasteiger partial charge in [-0.1, -0.05) is 104 Å². The Morgan fingerprint density at radius 2 is 1.06 bits per heavy atom. The summed E-state index contributed by atoms with van der Waals surface area (Å²) in [6.07, 6.45) is -6.17. The minimum absolute atomic E-state index is 0.0198. The normalized spacial score (nSPS) is 28.3. The van der Waals surface area contributed by atoms with Crippen LogP contribution in [0.15, 0.2) is 24.3 Å². The minimum Gasteiger partial charge on any atom is -0.508 e. The predicted octanol–water partition coefficient (Wildman–Crippen LogP) is -5.23. The van der Waals surface area contributed by atoms with Gasteiger partial charge < -0.3 is 120 Å². The summed E-state index contributed by atoms with van der Waals surface area (Å²) in [4.78, 5) is 199. The second-order valence-electron chi connectivity index (χ2n) is 29.2. The number of aromatic hydroxyl groups is 1. The molecule has 0 spiro atoms. The van der Waals surface area contributed by atoms with Gasteiger partial charge in [0.05, 0.1) is 62.1 Å². The molecule has 22 N–H and O–H groups in total. The zero-order valence-corrected chi connectivity index (χ0v) is 63.7. The molecule has 4 rings (SSSR count). The maximum atomic E-state index is 14.8. The maximum Gasteiger partial charge on any atom is 0.328 e. The van der Waals surface area contributed by atoms with Crippen LogP contribution in [-0.2, 0) is 78.3 Å². The fourth-order valence-corrected chi connectivity index (χ4v) is 13.0. The van der Waals surface area contributed by atoms with Gasteiger partial charge in [-0.2, -0.15) is 0 Å². The zero-order valence-electron chi connectivity index (χ0n) is 63.7. The topological polar surface area (TPSA) is 589 Å². The van der Waals surface area contributed by atoms with Gasteiger partial charge in [0.15, 0.2) is 0 Å². The summed E-state index contributed by atoms with van der Waals surface area (Å²) >= 11 is 0. The summed E-state index contributed by atoms with van der Waals surface area (Å²) in [5.74, 6) is -17.7. The molecule has 0 radical (unpaired) electrons. The Morgan fingerprint density at radius 3 is 1.62 bits per heavy atom. The lowest BCUT2D eigenvalue weighted by molar-refractivity contribution is -0.158. The number of cyclic esters (lactones) is 1. The van der Waals surface area contributed by atoms with Crippen molar-refractivity contribution in [3.63, 3.8) is 0 Å². The van der Waals surface area contributed by atoms with Gasteiger partial charge in [-0.05, 0) is 96.4 Å². The summed E-state index contributed by atoms with van der Waals surface area (Å²) in [5, 5.41) is 111. The van der Waals surface area contributed by atoms with E-state index in [0.717, 1.165) is 83.5 Å². The summed E-state index contributed by atoms with van der Waals surface area (Å²) in [6, 6.07) is -14.4. The van der Waals surface area contributed by atoms with Crippen LogP contribution in [0.25, 0.3) is 0 Å². The number of nitrogens with zero attached hydrogens (tertiary/aromatic N) is 2. The lowest BCUT2D eigenvalue weighted by atomic mass is 9.94. The van der Waals surface area contributed by atoms with Gasteiger partial charge in [-0.3, -0.25) is 62.3 Å². The lowest BCUT2D eigenvalue weighted by Crippen LogP contribution is -2.64. The Hall–Kier alpha value is -8.72. The highest BCUT2D eigenvalue weighted by molar-refractivity contribution is 6.00. The Bertz CT molecular complexity index is 3240. The van der Waals surface area contributed by atoms with Crippen molar-refractivity contribution in [3.05, 3.63) is 29.8 Å². The van der Waals surface area contributed by atoms with Crippen molar-refractivity contribution in [2.75, 3.05) is 26.2 Å². The molecule has 0 aromatic heterocycles. The summed E-state index contributed by atoms with van der Waals surface area (Å²) in [7, 11) is 0. The van der Waals surface area contributed by atoms with Gasteiger partial charge in [0.2, 0.25) is 76.8 Å². The van der Waals surface area contributed by atoms with Crippen LogP contribution in [-0.4, -0.2) is 275 Å². The van der Waals surface area contributed by atoms with Crippen molar-refractivity contribution >= 4 is 82.8 Å². The number of hydrogen-bond donors (Lipinski definition) is 20. The van der Waals surface area contributed by atoms with E-state index in [1.165, 1.54) is 52.0 Å². The van der Waals surface area contributed by atoms with Crippen molar-refractivity contribution in [3.8, 4) is 5.75 Å². The van der Waals surface area contributed by atoms with E-state index in [4.69, 9.17) is 16.2 Å². The second-order valence-corrected chi connectivity index (χ2v) is 29.2. The van der Waals surface area contributed by atoms with Gasteiger partial charge in [-0.15, -0.1) is 0 Å². The van der Waals surface area contributed by atoms with E-state index in [1.807, 2.05) is 0 Å². The highest BCUT2D eigenvalue weighted by Crippen LogP contribution is 2.26. The molecular formula is C72H118N14O23. The SMILES string of the molecule is CCCCCCCCCCCC[C@@H](C)[C@H]1CC(=O)N[C@H]([C@@H](C)O)C(=O)N[C@H](C)C(=O)N[C@@H](Cc2ccc(O)cc2)C(=O)N[C@@H](C(C)C)C(=O)N2C[C@H](O)C[C@H]2C(=O)N[C@H]([C@@H](C)O)C(=O)N[C@@H]([C@@H](C)O)C(=O)N2CC[C@H](O)[C@H]2C(=O)N[C@@H]([C@H](O)CC(N)=O)C(=O)NCC(=O)N[C@H]([C@@H](C)O)C(=O)N[C@@H](CCCN)C(=O)O1. The van der Waals surface area contributed by atoms with Crippen LogP contribution in [0.1, 0.15) is 177 Å². The van der Waals surface area contributed by atoms with Gasteiger partial charge >= 0.3 is 5.97 Å². The van der Waals surface area contributed by atoms with Crippen LogP contribution >= 0.6 is 0 Å². The molecule has 109 heavy (non-hydrogen) atoms. The van der Waals surface area contributed by atoms with E-state index in [-0.39, 0.29) is 38.0 Å². The number of amides is 13. The molecule has 0 aliphatic carbocycles. The Kier molecular flexibility index (Phi) is 38.6. The van der Waals surface area contributed by atoms with Crippen molar-refractivity contribution in [1.29, 1.82) is 0 Å². The van der Waals surface area contributed by atoms with Crippen LogP contribution in [0.3, 0.4) is 0 Å². The first-order valence-corrected chi connectivity index (χ1v) is 37.7. The fraction of sp³-hybridized carbons (Fsp3) is 0.722. The lowest BCUT2D eigenvalue weighted by Gasteiger charge is -2.34. The number of unbranched alkanes of at least 4 members (excludes halogenated alkanes) is 9. The third-order valence-electron chi connectivity index (χ3n) is 19.4. The van der Waals surface area contributed by atoms with Crippen molar-refractivity contribution in [2.24, 2.45) is 23.3 Å². The van der Waals surface area contributed by atoms with E-state index in [0.29, 0.717) is 23.3 Å². The number of ether oxygens (including phenoxy) is 1. The second kappa shape index (κ2) is 45.4. The quantitative estimate of drug-likeness (QED) is 0.0321. The maximum absolute atomic E-state index is 14.8. The van der Waals surface area contributed by atoms with Crippen molar-refractivity contribution in [2.45, 2.75) is 293 Å². The monoisotopic (exact) mass is 1550 g/mol. The van der Waals surface area contributed by atoms with Gasteiger partial charge in [0, 0.05) is 25.9 Å². The average molecular weight is 1550 g/mol. The number of carbonyl (C=O) groups is 14. The van der Waals surface area contributed by atoms with Crippen LogP contribution in [0.5, 0.6) is 5.75 Å². The smallest absolute Gasteiger partial charge is 0.328 e. The number of esters is 1. The van der Waals surface area contributed by atoms with Crippen LogP contribution in [0.4, 0.5) is 0 Å². The summed E-state index contributed by atoms with van der Waals surface area (Å²) < 4.78 is 6.06. The van der Waals surface area contributed by atoms with Crippen LogP contribution in [0.2, 0.25) is 0 Å². The largest absolute Gasteiger partial charge is 0.508 e. The first kappa shape index (κ1) is 92.7. The van der Waals surface area contributed by atoms with Gasteiger partial charge in [0.1, 0.15) is 78.3 Å². The molecule has 37 heteroatoms. The number of nitrogens with two attached hydrogens (primary N) is 2. The molecule has 614 valence electrons. The van der Waals surface area contributed by atoms with E-state index in [2.05, 4.69) is 60.1 Å². The molecule has 3 heterocycles. The molecular weight excluding hydrogens is 1430 g/mol. The molecule has 37 nitrogen and oxygen atoms in total. The molecule has 0 saturated carbocycles. The molecule has 1 aromatic carbocycles. The average Bonchev–Trinajstić information content (AvgIpc) is 1.69. The first-order chi connectivity index (χ1) is 51.3. The zero-order chi connectivity index (χ0) is 81.7. The molecule has 13 amide bonds. The van der Waals surface area contributed by atoms with Crippen molar-refractivity contribution < 1.29 is 113 Å². The molecule has 20 atom stereocenters. The molecule has 3 aliphatic rings. The summed E-state index contributed by atoms with van der Waals surface area (Å²) in [5.41, 5.74) is 11.6. The minimum atomic E-state index is -2.22. The van der Waals surface area contributed by atoms with Gasteiger partial charge in [-0.25, -0.2) is 4.79 Å². The molecule has 1 aromatic rings. The standard InChI is InChI=1S/C72H118N14O23/c1-10-11-12-13-14-15-16-17-18-19-21-37(4)51-33-53(96)79-56(39(6)87)66(102)76-38(5)62(98)78-47(30-43-23-25-44(91)26-24-43)63(99)81-55(36(2)3)70(106)86-35-45(92)31-48(86)64(100)82-58(41(8)89)68(104)83-59(42(9)90)71(107)85-29-27-49(93)61(85)69(105)84-60(50(94)32-52(74)95)65(101)75-34-54(97)80-57(40(7)88)67(103)77-46(22-20-28-73)72(108)109-51/h23-26,36-42,45-51,55-61,87-94H,10-22,27-35,73H2,1-9H3,(H2,74,95)(H,75,101)(H,76,102)(H,77,103)(H,78,98)(H,79,96)(H,80,97)(H,81,99)(H,82,100)(H,83,104)(H,84,105)/t37-,38-,39-,40-,41-,42-,45-,46+,47+,48+,49+,50-,51-,55+,56-,57-,58-,59+,60+,61+/m1/s1. The Balaban J connectivity index is 1.81. The first-order valence-electron chi connectivity index (χ1n) is 37.7. The number of aliphatic hydroxyl groups excluding tert-OH is 7. The number of rotatable bonds is 25. The number of fused-ring (bicyclic) bond motifs is 2. The summed E-state index contributed by atoms with van der Waals surface area (Å²) in [6.45, 7) is 10.4. The highest BCUT2D eigenvalue weighted by Gasteiger charge is 2.48. The Morgan fingerprint density at radius 1 is 0.560 bits per heavy atom. The van der Waals surface area contributed by atoms with Gasteiger partial charge in [0.25, 0.3) is 0 Å².